The van der Waals surface area contributed by atoms with Gasteiger partial charge in [-0.15, -0.1) is 0 Å². The van der Waals surface area contributed by atoms with E-state index in [0.717, 1.165) is 5.56 Å². The summed E-state index contributed by atoms with van der Waals surface area (Å²) >= 11 is 0. The fraction of sp³-hybridized carbons (Fsp3) is 0.188. The van der Waals surface area contributed by atoms with Gasteiger partial charge in [0.15, 0.2) is 5.78 Å². The predicted molar refractivity (Wildman–Crippen MR) is 74.9 cm³/mol. The molecular weight excluding hydrogens is 272 g/mol. The molecule has 5 nitrogen and oxygen atoms in total. The molecule has 21 heavy (non-hydrogen) atoms. The van der Waals surface area contributed by atoms with Gasteiger partial charge in [-0.05, 0) is 24.6 Å². The van der Waals surface area contributed by atoms with Crippen molar-refractivity contribution in [3.8, 4) is 23.0 Å². The number of ether oxygens (including phenoxy) is 1. The van der Waals surface area contributed by atoms with Crippen LogP contribution in [0.1, 0.15) is 34.0 Å². The van der Waals surface area contributed by atoms with Gasteiger partial charge < -0.3 is 20.1 Å². The fourth-order valence-corrected chi connectivity index (χ4v) is 2.43. The van der Waals surface area contributed by atoms with E-state index in [-0.39, 0.29) is 46.3 Å². The topological polar surface area (TPSA) is 87.0 Å². The summed E-state index contributed by atoms with van der Waals surface area (Å²) in [6, 6.07) is 7.72. The molecule has 0 amide bonds. The summed E-state index contributed by atoms with van der Waals surface area (Å²) < 4.78 is 5.72. The van der Waals surface area contributed by atoms with Crippen LogP contribution in [0.3, 0.4) is 0 Å². The molecule has 1 aliphatic heterocycles. The number of ketones is 1. The Morgan fingerprint density at radius 1 is 1.14 bits per heavy atom. The highest BCUT2D eigenvalue weighted by Crippen LogP contribution is 2.44. The Morgan fingerprint density at radius 2 is 1.81 bits per heavy atom. The number of phenols is 3. The van der Waals surface area contributed by atoms with Crippen LogP contribution >= 0.6 is 0 Å². The molecule has 1 aliphatic rings. The maximum Gasteiger partial charge on any atom is 0.174 e. The van der Waals surface area contributed by atoms with Crippen molar-refractivity contribution in [2.45, 2.75) is 19.4 Å². The second kappa shape index (κ2) is 4.70. The number of phenolic OH excluding ortho intramolecular Hbond substituents is 3. The predicted octanol–water partition coefficient (Wildman–Crippen LogP) is 2.82. The van der Waals surface area contributed by atoms with Gasteiger partial charge in [0.1, 0.15) is 34.7 Å². The van der Waals surface area contributed by atoms with Gasteiger partial charge in [-0.25, -0.2) is 0 Å². The molecule has 108 valence electrons. The molecule has 0 spiro atoms. The number of fused-ring (bicyclic) bond motifs is 1. The first-order chi connectivity index (χ1) is 9.97. The van der Waals surface area contributed by atoms with Crippen LogP contribution in [0, 0.1) is 6.92 Å². The van der Waals surface area contributed by atoms with Gasteiger partial charge in [0.05, 0.1) is 6.42 Å². The molecule has 2 aromatic rings. The number of carbonyl (C=O) groups excluding carboxylic acids is 1. The fourth-order valence-electron chi connectivity index (χ4n) is 2.43. The lowest BCUT2D eigenvalue weighted by Gasteiger charge is -2.26. The van der Waals surface area contributed by atoms with E-state index >= 15 is 0 Å². The molecule has 2 aromatic carbocycles. The number of hydrogen-bond acceptors (Lipinski definition) is 5. The summed E-state index contributed by atoms with van der Waals surface area (Å²) in [5, 5.41) is 29.0. The molecule has 0 fully saturated rings. The lowest BCUT2D eigenvalue weighted by molar-refractivity contribution is 0.0844. The molecule has 0 saturated carbocycles. The average molecular weight is 286 g/mol. The van der Waals surface area contributed by atoms with Crippen LogP contribution in [-0.4, -0.2) is 21.1 Å². The average Bonchev–Trinajstić information content (AvgIpc) is 2.45. The van der Waals surface area contributed by atoms with Crippen molar-refractivity contribution < 1.29 is 24.9 Å². The Balaban J connectivity index is 2.03. The van der Waals surface area contributed by atoms with Gasteiger partial charge in [0.2, 0.25) is 0 Å². The van der Waals surface area contributed by atoms with E-state index in [9.17, 15) is 20.1 Å². The summed E-state index contributed by atoms with van der Waals surface area (Å²) in [5.41, 5.74) is 1.11. The van der Waals surface area contributed by atoms with E-state index < -0.39 is 6.10 Å². The van der Waals surface area contributed by atoms with Crippen LogP contribution in [0.15, 0.2) is 30.3 Å². The Morgan fingerprint density at radius 3 is 2.48 bits per heavy atom. The molecule has 3 N–H and O–H groups in total. The van der Waals surface area contributed by atoms with E-state index in [1.54, 1.807) is 12.1 Å². The van der Waals surface area contributed by atoms with Crippen molar-refractivity contribution in [2.24, 2.45) is 0 Å². The molecule has 0 bridgehead atoms. The number of rotatable bonds is 1. The Kier molecular flexibility index (Phi) is 2.97. The maximum atomic E-state index is 12.2. The first kappa shape index (κ1) is 13.3. The molecule has 0 aromatic heterocycles. The third-order valence-corrected chi connectivity index (χ3v) is 3.67. The van der Waals surface area contributed by atoms with E-state index in [4.69, 9.17) is 4.74 Å². The second-order valence-corrected chi connectivity index (χ2v) is 5.07. The zero-order valence-electron chi connectivity index (χ0n) is 11.3. The van der Waals surface area contributed by atoms with Crippen molar-refractivity contribution in [3.63, 3.8) is 0 Å². The SMILES string of the molecule is Cc1c(O)cc2c(c1O)C(=O)C[C@H](c1ccc(O)cc1)O2. The van der Waals surface area contributed by atoms with Crippen LogP contribution < -0.4 is 4.74 Å². The number of benzene rings is 2. The van der Waals surface area contributed by atoms with Crippen molar-refractivity contribution in [1.29, 1.82) is 0 Å². The standard InChI is InChI=1S/C16H14O5/c1-8-11(18)6-14-15(16(8)20)12(19)7-13(21-14)9-2-4-10(17)5-3-9/h2-6,13,17-18,20H,7H2,1H3/t13-/m1/s1. The highest BCUT2D eigenvalue weighted by atomic mass is 16.5. The van der Waals surface area contributed by atoms with Crippen LogP contribution in [0.5, 0.6) is 23.0 Å². The molecule has 1 atom stereocenters. The van der Waals surface area contributed by atoms with Gasteiger partial charge in [0, 0.05) is 11.6 Å². The summed E-state index contributed by atoms with van der Waals surface area (Å²) in [6.07, 6.45) is -0.415. The Bertz CT molecular complexity index is 718. The van der Waals surface area contributed by atoms with Gasteiger partial charge in [0.25, 0.3) is 0 Å². The zero-order chi connectivity index (χ0) is 15.1. The van der Waals surface area contributed by atoms with Crippen LogP contribution in [0.25, 0.3) is 0 Å². The number of Topliss-reactive ketones (excluding diaryl/α,β-unsaturated/α-hetero) is 1. The largest absolute Gasteiger partial charge is 0.508 e. The number of carbonyl (C=O) groups is 1. The molecular formula is C16H14O5. The number of aromatic hydroxyl groups is 3. The normalized spacial score (nSPS) is 17.2. The van der Waals surface area contributed by atoms with Gasteiger partial charge in [-0.1, -0.05) is 12.1 Å². The van der Waals surface area contributed by atoms with Gasteiger partial charge >= 0.3 is 0 Å². The maximum absolute atomic E-state index is 12.2. The van der Waals surface area contributed by atoms with Crippen LogP contribution in [0.2, 0.25) is 0 Å². The number of hydrogen-bond donors (Lipinski definition) is 3. The molecule has 0 radical (unpaired) electrons. The lowest BCUT2D eigenvalue weighted by Crippen LogP contribution is -2.20. The van der Waals surface area contributed by atoms with E-state index in [2.05, 4.69) is 0 Å². The smallest absolute Gasteiger partial charge is 0.174 e. The summed E-state index contributed by atoms with van der Waals surface area (Å²) in [7, 11) is 0. The minimum Gasteiger partial charge on any atom is -0.508 e. The molecule has 0 aliphatic carbocycles. The third kappa shape index (κ3) is 2.16. The Labute approximate surface area is 121 Å². The lowest BCUT2D eigenvalue weighted by atomic mass is 9.94. The Hall–Kier alpha value is -2.69. The quantitative estimate of drug-likeness (QED) is 0.750. The van der Waals surface area contributed by atoms with E-state index in [1.807, 2.05) is 0 Å². The first-order valence-electron chi connectivity index (χ1n) is 6.51. The monoisotopic (exact) mass is 286 g/mol. The second-order valence-electron chi connectivity index (χ2n) is 5.07. The van der Waals surface area contributed by atoms with Crippen molar-refractivity contribution in [2.75, 3.05) is 0 Å². The minimum atomic E-state index is -0.507. The molecule has 1 heterocycles. The van der Waals surface area contributed by atoms with Gasteiger partial charge in [-0.3, -0.25) is 4.79 Å². The summed E-state index contributed by atoms with van der Waals surface area (Å²) in [6.45, 7) is 1.53. The zero-order valence-corrected chi connectivity index (χ0v) is 11.3. The van der Waals surface area contributed by atoms with Crippen LogP contribution in [0.4, 0.5) is 0 Å². The van der Waals surface area contributed by atoms with E-state index in [0.29, 0.717) is 0 Å². The summed E-state index contributed by atoms with van der Waals surface area (Å²) in [4.78, 5) is 12.2. The van der Waals surface area contributed by atoms with Crippen molar-refractivity contribution >= 4 is 5.78 Å². The molecule has 3 rings (SSSR count). The first-order valence-corrected chi connectivity index (χ1v) is 6.51. The van der Waals surface area contributed by atoms with Gasteiger partial charge in [-0.2, -0.15) is 0 Å². The van der Waals surface area contributed by atoms with Crippen molar-refractivity contribution in [1.82, 2.24) is 0 Å². The highest BCUT2D eigenvalue weighted by Gasteiger charge is 2.31. The summed E-state index contributed by atoms with van der Waals surface area (Å²) in [5.74, 6) is -0.295. The minimum absolute atomic E-state index is 0.0928. The van der Waals surface area contributed by atoms with Crippen LogP contribution in [-0.2, 0) is 0 Å². The third-order valence-electron chi connectivity index (χ3n) is 3.67. The molecule has 0 unspecified atom stereocenters. The van der Waals surface area contributed by atoms with Crippen molar-refractivity contribution in [3.05, 3.63) is 47.0 Å². The molecule has 5 heteroatoms. The van der Waals surface area contributed by atoms with E-state index in [1.165, 1.54) is 25.1 Å². The highest BCUT2D eigenvalue weighted by molar-refractivity contribution is 6.03. The molecule has 0 saturated heterocycles.